The van der Waals surface area contributed by atoms with E-state index in [4.69, 9.17) is 23.2 Å². The fourth-order valence-corrected chi connectivity index (χ4v) is 4.25. The van der Waals surface area contributed by atoms with Gasteiger partial charge in [0.2, 0.25) is 15.9 Å². The standard InChI is InChI=1S/C17H20Cl2N4O4S/c1-4-22(5-2)28(26,27)12-7-6-11(3)14(8-12)21-15(24)10-23-17(25)16(19)13(18)9-20-23/h6-9H,4-5,10H2,1-3H3,(H,21,24). The highest BCUT2D eigenvalue weighted by atomic mass is 35.5. The molecule has 11 heteroatoms. The Morgan fingerprint density at radius 1 is 1.25 bits per heavy atom. The van der Waals surface area contributed by atoms with E-state index < -0.39 is 28.0 Å². The summed E-state index contributed by atoms with van der Waals surface area (Å²) in [6, 6.07) is 4.49. The van der Waals surface area contributed by atoms with Crippen LogP contribution in [0, 0.1) is 6.92 Å². The van der Waals surface area contributed by atoms with Crippen LogP contribution in [-0.2, 0) is 21.4 Å². The van der Waals surface area contributed by atoms with Gasteiger partial charge in [-0.2, -0.15) is 9.40 Å². The molecule has 8 nitrogen and oxygen atoms in total. The van der Waals surface area contributed by atoms with Crippen molar-refractivity contribution < 1.29 is 13.2 Å². The zero-order valence-electron chi connectivity index (χ0n) is 15.6. The van der Waals surface area contributed by atoms with Crippen LogP contribution < -0.4 is 10.9 Å². The molecule has 0 fully saturated rings. The summed E-state index contributed by atoms with van der Waals surface area (Å²) in [6.07, 6.45) is 1.17. The minimum atomic E-state index is -3.67. The number of carbonyl (C=O) groups is 1. The van der Waals surface area contributed by atoms with Gasteiger partial charge in [-0.3, -0.25) is 9.59 Å². The van der Waals surface area contributed by atoms with Crippen LogP contribution in [0.15, 0.2) is 34.1 Å². The Bertz CT molecular complexity index is 1050. The molecule has 1 aromatic carbocycles. The number of amides is 1. The molecule has 0 aliphatic rings. The Hall–Kier alpha value is -1.94. The molecule has 0 spiro atoms. The fourth-order valence-electron chi connectivity index (χ4n) is 2.49. The highest BCUT2D eigenvalue weighted by Gasteiger charge is 2.22. The number of hydrogen-bond acceptors (Lipinski definition) is 5. The smallest absolute Gasteiger partial charge is 0.287 e. The van der Waals surface area contributed by atoms with E-state index in [2.05, 4.69) is 10.4 Å². The van der Waals surface area contributed by atoms with Crippen molar-refractivity contribution in [1.82, 2.24) is 14.1 Å². The third-order valence-corrected chi connectivity index (χ3v) is 6.86. The molecule has 0 saturated heterocycles. The molecule has 1 aromatic heterocycles. The van der Waals surface area contributed by atoms with E-state index in [1.54, 1.807) is 26.8 Å². The van der Waals surface area contributed by atoms with Crippen LogP contribution >= 0.6 is 23.2 Å². The quantitative estimate of drug-likeness (QED) is 0.703. The first-order valence-electron chi connectivity index (χ1n) is 8.43. The van der Waals surface area contributed by atoms with Crippen LogP contribution in [0.1, 0.15) is 19.4 Å². The Labute approximate surface area is 173 Å². The van der Waals surface area contributed by atoms with E-state index in [9.17, 15) is 18.0 Å². The van der Waals surface area contributed by atoms with E-state index in [0.717, 1.165) is 4.68 Å². The second kappa shape index (κ2) is 9.04. The van der Waals surface area contributed by atoms with Gasteiger partial charge < -0.3 is 5.32 Å². The lowest BCUT2D eigenvalue weighted by Gasteiger charge is -2.19. The van der Waals surface area contributed by atoms with Crippen molar-refractivity contribution in [2.75, 3.05) is 18.4 Å². The van der Waals surface area contributed by atoms with Gasteiger partial charge in [-0.25, -0.2) is 13.1 Å². The molecule has 0 saturated carbocycles. The summed E-state index contributed by atoms with van der Waals surface area (Å²) in [5.74, 6) is -0.562. The Morgan fingerprint density at radius 2 is 1.89 bits per heavy atom. The summed E-state index contributed by atoms with van der Waals surface area (Å²) in [5, 5.41) is 6.14. The molecule has 1 heterocycles. The maximum Gasteiger partial charge on any atom is 0.287 e. The van der Waals surface area contributed by atoms with E-state index in [1.807, 2.05) is 0 Å². The van der Waals surface area contributed by atoms with Crippen molar-refractivity contribution in [1.29, 1.82) is 0 Å². The zero-order chi connectivity index (χ0) is 21.1. The lowest BCUT2D eigenvalue weighted by molar-refractivity contribution is -0.117. The summed E-state index contributed by atoms with van der Waals surface area (Å²) in [5.41, 5.74) is 0.298. The zero-order valence-corrected chi connectivity index (χ0v) is 17.9. The minimum Gasteiger partial charge on any atom is -0.324 e. The first kappa shape index (κ1) is 22.4. The van der Waals surface area contributed by atoms with Crippen molar-refractivity contribution in [3.63, 3.8) is 0 Å². The van der Waals surface area contributed by atoms with Crippen molar-refractivity contribution in [2.45, 2.75) is 32.2 Å². The molecule has 28 heavy (non-hydrogen) atoms. The SMILES string of the molecule is CCN(CC)S(=O)(=O)c1ccc(C)c(NC(=O)Cn2ncc(Cl)c(Cl)c2=O)c1. The van der Waals surface area contributed by atoms with Gasteiger partial charge in [0.1, 0.15) is 11.6 Å². The summed E-state index contributed by atoms with van der Waals surface area (Å²) in [4.78, 5) is 24.4. The molecule has 1 amide bonds. The topological polar surface area (TPSA) is 101 Å². The molecule has 1 N–H and O–H groups in total. The summed E-state index contributed by atoms with van der Waals surface area (Å²) in [6.45, 7) is 5.50. The lowest BCUT2D eigenvalue weighted by Crippen LogP contribution is -2.31. The highest BCUT2D eigenvalue weighted by molar-refractivity contribution is 7.89. The number of benzene rings is 1. The van der Waals surface area contributed by atoms with Crippen LogP contribution in [0.25, 0.3) is 0 Å². The number of rotatable bonds is 7. The molecule has 2 rings (SSSR count). The Kier molecular flexibility index (Phi) is 7.22. The minimum absolute atomic E-state index is 0.00604. The molecule has 0 radical (unpaired) electrons. The first-order valence-corrected chi connectivity index (χ1v) is 10.6. The third-order valence-electron chi connectivity index (χ3n) is 4.06. The lowest BCUT2D eigenvalue weighted by atomic mass is 10.2. The van der Waals surface area contributed by atoms with E-state index in [0.29, 0.717) is 24.3 Å². The maximum atomic E-state index is 12.7. The van der Waals surface area contributed by atoms with Gasteiger partial charge in [0, 0.05) is 18.8 Å². The van der Waals surface area contributed by atoms with Crippen LogP contribution in [0.4, 0.5) is 5.69 Å². The average molecular weight is 447 g/mol. The fraction of sp³-hybridized carbons (Fsp3) is 0.353. The number of sulfonamides is 1. The molecule has 2 aromatic rings. The predicted molar refractivity (Wildman–Crippen MR) is 108 cm³/mol. The number of anilines is 1. The van der Waals surface area contributed by atoms with Gasteiger partial charge in [-0.15, -0.1) is 0 Å². The number of nitrogens with one attached hydrogen (secondary N) is 1. The van der Waals surface area contributed by atoms with Gasteiger partial charge >= 0.3 is 0 Å². The van der Waals surface area contributed by atoms with Gasteiger partial charge in [0.15, 0.2) is 0 Å². The number of aryl methyl sites for hydroxylation is 1. The summed E-state index contributed by atoms with van der Waals surface area (Å²) in [7, 11) is -3.67. The van der Waals surface area contributed by atoms with E-state index in [-0.39, 0.29) is 14.9 Å². The average Bonchev–Trinajstić information content (AvgIpc) is 2.64. The van der Waals surface area contributed by atoms with E-state index >= 15 is 0 Å². The largest absolute Gasteiger partial charge is 0.324 e. The van der Waals surface area contributed by atoms with Gasteiger partial charge in [-0.1, -0.05) is 43.1 Å². The molecule has 0 unspecified atom stereocenters. The van der Waals surface area contributed by atoms with Crippen LogP contribution in [0.5, 0.6) is 0 Å². The third kappa shape index (κ3) is 4.72. The highest BCUT2D eigenvalue weighted by Crippen LogP contribution is 2.23. The summed E-state index contributed by atoms with van der Waals surface area (Å²) < 4.78 is 27.6. The molecule has 0 aliphatic heterocycles. The summed E-state index contributed by atoms with van der Waals surface area (Å²) >= 11 is 11.5. The second-order valence-corrected chi connectivity index (χ2v) is 8.61. The van der Waals surface area contributed by atoms with Gasteiger partial charge in [-0.05, 0) is 24.6 Å². The number of halogens is 2. The number of hydrogen-bond donors (Lipinski definition) is 1. The molecule has 0 aliphatic carbocycles. The van der Waals surface area contributed by atoms with Gasteiger partial charge in [0.05, 0.1) is 16.1 Å². The van der Waals surface area contributed by atoms with Crippen LogP contribution in [0.3, 0.4) is 0 Å². The molecule has 0 bridgehead atoms. The van der Waals surface area contributed by atoms with Crippen molar-refractivity contribution in [3.05, 3.63) is 50.4 Å². The normalized spacial score (nSPS) is 11.6. The molecular formula is C17H20Cl2N4O4S. The van der Waals surface area contributed by atoms with E-state index in [1.165, 1.54) is 22.6 Å². The number of nitrogens with zero attached hydrogens (tertiary/aromatic N) is 3. The maximum absolute atomic E-state index is 12.7. The van der Waals surface area contributed by atoms with Crippen molar-refractivity contribution in [2.24, 2.45) is 0 Å². The first-order chi connectivity index (χ1) is 13.1. The molecule has 0 atom stereocenters. The monoisotopic (exact) mass is 446 g/mol. The predicted octanol–water partition coefficient (Wildman–Crippen LogP) is 2.53. The van der Waals surface area contributed by atoms with Crippen LogP contribution in [0.2, 0.25) is 10.0 Å². The Balaban J connectivity index is 2.28. The van der Waals surface area contributed by atoms with Gasteiger partial charge in [0.25, 0.3) is 5.56 Å². The molecular weight excluding hydrogens is 427 g/mol. The molecule has 152 valence electrons. The Morgan fingerprint density at radius 3 is 2.50 bits per heavy atom. The van der Waals surface area contributed by atoms with Crippen LogP contribution in [-0.4, -0.2) is 41.5 Å². The number of carbonyl (C=O) groups excluding carboxylic acids is 1. The van der Waals surface area contributed by atoms with Crippen molar-refractivity contribution in [3.8, 4) is 0 Å². The number of aromatic nitrogens is 2. The second-order valence-electron chi connectivity index (χ2n) is 5.88. The van der Waals surface area contributed by atoms with Crippen molar-refractivity contribution >= 4 is 44.8 Å².